The van der Waals surface area contributed by atoms with Crippen molar-refractivity contribution in [3.05, 3.63) is 58.6 Å². The van der Waals surface area contributed by atoms with Crippen LogP contribution in [0, 0.1) is 0 Å². The van der Waals surface area contributed by atoms with Gasteiger partial charge in [-0.2, -0.15) is 0 Å². The zero-order chi connectivity index (χ0) is 15.9. The minimum Gasteiger partial charge on any atom is -0.322 e. The molecule has 6 nitrogen and oxygen atoms in total. The van der Waals surface area contributed by atoms with Crippen LogP contribution in [-0.2, 0) is 10.0 Å². The zero-order valence-electron chi connectivity index (χ0n) is 11.0. The normalized spacial score (nSPS) is 15.0. The maximum atomic E-state index is 12.1. The Morgan fingerprint density at radius 3 is 2.45 bits per heavy atom. The van der Waals surface area contributed by atoms with Crippen molar-refractivity contribution in [3.63, 3.8) is 0 Å². The van der Waals surface area contributed by atoms with E-state index in [1.165, 1.54) is 18.2 Å². The summed E-state index contributed by atoms with van der Waals surface area (Å²) in [5.41, 5.74) is 0.724. The van der Waals surface area contributed by atoms with Crippen LogP contribution in [0.3, 0.4) is 0 Å². The van der Waals surface area contributed by atoms with Crippen LogP contribution in [0.15, 0.2) is 47.4 Å². The molecule has 1 aliphatic rings. The van der Waals surface area contributed by atoms with Crippen molar-refractivity contribution in [2.24, 2.45) is 0 Å². The van der Waals surface area contributed by atoms with Crippen molar-refractivity contribution >= 4 is 39.1 Å². The van der Waals surface area contributed by atoms with Gasteiger partial charge in [-0.05, 0) is 42.5 Å². The number of hydrogen-bond acceptors (Lipinski definition) is 4. The lowest BCUT2D eigenvalue weighted by molar-refractivity contribution is 0.0982. The molecule has 2 amide bonds. The number of benzene rings is 2. The van der Waals surface area contributed by atoms with Crippen LogP contribution in [0.2, 0.25) is 5.02 Å². The number of anilines is 1. The van der Waals surface area contributed by atoms with E-state index < -0.39 is 21.8 Å². The first kappa shape index (κ1) is 14.6. The third-order valence-electron chi connectivity index (χ3n) is 3.11. The maximum absolute atomic E-state index is 12.1. The summed E-state index contributed by atoms with van der Waals surface area (Å²) >= 11 is 5.75. The fourth-order valence-corrected chi connectivity index (χ4v) is 3.33. The molecule has 0 aromatic heterocycles. The Bertz CT molecular complexity index is 892. The molecular formula is C14H9ClN2O4S. The molecule has 1 heterocycles. The van der Waals surface area contributed by atoms with Gasteiger partial charge in [0.2, 0.25) is 0 Å². The van der Waals surface area contributed by atoms with Crippen molar-refractivity contribution in [3.8, 4) is 0 Å². The number of amides is 2. The van der Waals surface area contributed by atoms with Gasteiger partial charge in [-0.25, -0.2) is 13.1 Å². The summed E-state index contributed by atoms with van der Waals surface area (Å²) in [4.78, 5) is 23.6. The first-order valence-electron chi connectivity index (χ1n) is 6.15. The Hall–Kier alpha value is -2.38. The van der Waals surface area contributed by atoms with Gasteiger partial charge in [0.1, 0.15) is 4.90 Å². The number of sulfonamides is 1. The van der Waals surface area contributed by atoms with Crippen molar-refractivity contribution in [1.29, 1.82) is 0 Å². The van der Waals surface area contributed by atoms with Crippen LogP contribution in [0.5, 0.6) is 0 Å². The SMILES string of the molecule is O=C(Nc1ccc2c(c1)C(=O)NS2(=O)=O)c1ccc(Cl)cc1. The van der Waals surface area contributed by atoms with E-state index in [9.17, 15) is 18.0 Å². The second-order valence-electron chi connectivity index (χ2n) is 4.61. The summed E-state index contributed by atoms with van der Waals surface area (Å²) in [6, 6.07) is 10.3. The lowest BCUT2D eigenvalue weighted by Crippen LogP contribution is -2.20. The van der Waals surface area contributed by atoms with E-state index in [2.05, 4.69) is 5.32 Å². The predicted octanol–water partition coefficient (Wildman–Crippen LogP) is 2.02. The molecule has 0 fully saturated rings. The van der Waals surface area contributed by atoms with Crippen molar-refractivity contribution in [2.75, 3.05) is 5.32 Å². The average Bonchev–Trinajstić information content (AvgIpc) is 2.69. The van der Waals surface area contributed by atoms with Gasteiger partial charge < -0.3 is 5.32 Å². The summed E-state index contributed by atoms with van der Waals surface area (Å²) in [5, 5.41) is 3.11. The molecule has 0 radical (unpaired) electrons. The summed E-state index contributed by atoms with van der Waals surface area (Å²) in [6.45, 7) is 0. The van der Waals surface area contributed by atoms with E-state index in [1.54, 1.807) is 24.3 Å². The Morgan fingerprint density at radius 1 is 1.09 bits per heavy atom. The number of hydrogen-bond donors (Lipinski definition) is 2. The Morgan fingerprint density at radius 2 is 1.77 bits per heavy atom. The highest BCUT2D eigenvalue weighted by molar-refractivity contribution is 7.90. The second-order valence-corrected chi connectivity index (χ2v) is 6.69. The maximum Gasteiger partial charge on any atom is 0.266 e. The van der Waals surface area contributed by atoms with E-state index in [-0.39, 0.29) is 10.5 Å². The number of halogens is 1. The highest BCUT2D eigenvalue weighted by Gasteiger charge is 2.32. The van der Waals surface area contributed by atoms with Crippen molar-refractivity contribution in [1.82, 2.24) is 4.72 Å². The van der Waals surface area contributed by atoms with Gasteiger partial charge >= 0.3 is 0 Å². The Labute approximate surface area is 131 Å². The topological polar surface area (TPSA) is 92.3 Å². The number of nitrogens with one attached hydrogen (secondary N) is 2. The fourth-order valence-electron chi connectivity index (χ4n) is 2.06. The second kappa shape index (κ2) is 5.11. The van der Waals surface area contributed by atoms with Gasteiger partial charge in [0.15, 0.2) is 0 Å². The van der Waals surface area contributed by atoms with Crippen LogP contribution in [0.4, 0.5) is 5.69 Å². The van der Waals surface area contributed by atoms with Crippen molar-refractivity contribution in [2.45, 2.75) is 4.90 Å². The van der Waals surface area contributed by atoms with Crippen molar-refractivity contribution < 1.29 is 18.0 Å². The Kier molecular flexibility index (Phi) is 3.38. The quantitative estimate of drug-likeness (QED) is 0.877. The molecule has 2 N–H and O–H groups in total. The number of carbonyl (C=O) groups is 2. The van der Waals surface area contributed by atoms with Crippen LogP contribution in [0.25, 0.3) is 0 Å². The van der Waals surface area contributed by atoms with E-state index in [4.69, 9.17) is 11.6 Å². The van der Waals surface area contributed by atoms with Gasteiger partial charge in [-0.1, -0.05) is 11.6 Å². The Balaban J connectivity index is 1.89. The van der Waals surface area contributed by atoms with Gasteiger partial charge in [-0.3, -0.25) is 9.59 Å². The first-order chi connectivity index (χ1) is 10.4. The molecule has 0 saturated carbocycles. The summed E-state index contributed by atoms with van der Waals surface area (Å²) in [5.74, 6) is -1.10. The van der Waals surface area contributed by atoms with E-state index in [0.717, 1.165) is 0 Å². The predicted molar refractivity (Wildman–Crippen MR) is 80.5 cm³/mol. The molecule has 2 aromatic carbocycles. The molecule has 112 valence electrons. The minimum absolute atomic E-state index is 0.00825. The smallest absolute Gasteiger partial charge is 0.266 e. The number of fused-ring (bicyclic) bond motifs is 1. The first-order valence-corrected chi connectivity index (χ1v) is 8.01. The number of rotatable bonds is 2. The molecule has 2 aromatic rings. The molecule has 0 bridgehead atoms. The van der Waals surface area contributed by atoms with E-state index in [0.29, 0.717) is 16.3 Å². The van der Waals surface area contributed by atoms with Crippen LogP contribution >= 0.6 is 11.6 Å². The third kappa shape index (κ3) is 2.56. The van der Waals surface area contributed by atoms with E-state index >= 15 is 0 Å². The average molecular weight is 337 g/mol. The summed E-state index contributed by atoms with van der Waals surface area (Å²) < 4.78 is 25.1. The highest BCUT2D eigenvalue weighted by Crippen LogP contribution is 2.25. The molecule has 0 atom stereocenters. The molecule has 0 unspecified atom stereocenters. The molecule has 0 spiro atoms. The fraction of sp³-hybridized carbons (Fsp3) is 0. The molecule has 0 saturated heterocycles. The van der Waals surface area contributed by atoms with E-state index in [1.807, 2.05) is 4.72 Å². The largest absolute Gasteiger partial charge is 0.322 e. The number of carbonyl (C=O) groups excluding carboxylic acids is 2. The van der Waals surface area contributed by atoms with Gasteiger partial charge in [0, 0.05) is 16.3 Å². The van der Waals surface area contributed by atoms with Crippen LogP contribution in [-0.4, -0.2) is 20.2 Å². The molecule has 22 heavy (non-hydrogen) atoms. The highest BCUT2D eigenvalue weighted by atomic mass is 35.5. The van der Waals surface area contributed by atoms with Gasteiger partial charge in [-0.15, -0.1) is 0 Å². The minimum atomic E-state index is -3.78. The molecule has 1 aliphatic heterocycles. The summed E-state index contributed by atoms with van der Waals surface area (Å²) in [6.07, 6.45) is 0. The van der Waals surface area contributed by atoms with Gasteiger partial charge in [0.05, 0.1) is 5.56 Å². The van der Waals surface area contributed by atoms with Crippen LogP contribution in [0.1, 0.15) is 20.7 Å². The standard InChI is InChI=1S/C14H9ClN2O4S/c15-9-3-1-8(2-4-9)13(18)16-10-5-6-12-11(7-10)14(19)17-22(12,20)21/h1-7H,(H,16,18)(H,17,19). The lowest BCUT2D eigenvalue weighted by Gasteiger charge is -2.06. The van der Waals surface area contributed by atoms with Gasteiger partial charge in [0.25, 0.3) is 21.8 Å². The molecule has 3 rings (SSSR count). The monoisotopic (exact) mass is 336 g/mol. The zero-order valence-corrected chi connectivity index (χ0v) is 12.5. The third-order valence-corrected chi connectivity index (χ3v) is 4.75. The molecular weight excluding hydrogens is 328 g/mol. The molecule has 8 heteroatoms. The van der Waals surface area contributed by atoms with Crippen LogP contribution < -0.4 is 10.0 Å². The molecule has 0 aliphatic carbocycles. The lowest BCUT2D eigenvalue weighted by atomic mass is 10.1. The summed E-state index contributed by atoms with van der Waals surface area (Å²) in [7, 11) is -3.78.